The second kappa shape index (κ2) is 10.8. The van der Waals surface area contributed by atoms with Crippen LogP contribution in [0.3, 0.4) is 0 Å². The van der Waals surface area contributed by atoms with Crippen molar-refractivity contribution >= 4 is 39.9 Å². The van der Waals surface area contributed by atoms with Crippen molar-refractivity contribution in [2.45, 2.75) is 33.2 Å². The maximum atomic E-state index is 13.0. The molecular weight excluding hydrogens is 443 g/mol. The summed E-state index contributed by atoms with van der Waals surface area (Å²) in [6.45, 7) is 5.52. The quantitative estimate of drug-likeness (QED) is 0.517. The third-order valence-corrected chi connectivity index (χ3v) is 5.57. The minimum atomic E-state index is -0.385. The van der Waals surface area contributed by atoms with Gasteiger partial charge >= 0.3 is 0 Å². The molecule has 0 saturated carbocycles. The van der Waals surface area contributed by atoms with Crippen LogP contribution in [-0.4, -0.2) is 40.2 Å². The number of anilines is 2. The van der Waals surface area contributed by atoms with Crippen molar-refractivity contribution in [1.82, 2.24) is 9.88 Å². The number of rotatable bonds is 8. The molecular formula is C24H25FN4O3S. The first-order chi connectivity index (χ1) is 15.7. The normalized spacial score (nSPS) is 10.7. The Labute approximate surface area is 195 Å². The average molecular weight is 469 g/mol. The number of hydrogen-bond acceptors (Lipinski definition) is 5. The van der Waals surface area contributed by atoms with Crippen LogP contribution < -0.4 is 10.6 Å². The number of benzene rings is 2. The number of nitrogens with one attached hydrogen (secondary N) is 2. The fourth-order valence-corrected chi connectivity index (χ4v) is 3.74. The molecule has 0 unspecified atom stereocenters. The molecule has 0 aliphatic carbocycles. The summed E-state index contributed by atoms with van der Waals surface area (Å²) >= 11 is 1.19. The van der Waals surface area contributed by atoms with E-state index in [-0.39, 0.29) is 42.5 Å². The zero-order chi connectivity index (χ0) is 24.0. The van der Waals surface area contributed by atoms with E-state index >= 15 is 0 Å². The van der Waals surface area contributed by atoms with Gasteiger partial charge in [-0.25, -0.2) is 9.37 Å². The zero-order valence-electron chi connectivity index (χ0n) is 18.6. The number of thiazole rings is 1. The molecule has 0 radical (unpaired) electrons. The number of halogens is 1. The smallest absolute Gasteiger partial charge is 0.254 e. The third-order valence-electron chi connectivity index (χ3n) is 4.76. The monoisotopic (exact) mass is 468 g/mol. The summed E-state index contributed by atoms with van der Waals surface area (Å²) in [5.74, 6) is -1.29. The number of aryl methyl sites for hydroxylation is 1. The van der Waals surface area contributed by atoms with Gasteiger partial charge in [-0.1, -0.05) is 17.7 Å². The summed E-state index contributed by atoms with van der Waals surface area (Å²) in [7, 11) is 0. The fourth-order valence-electron chi connectivity index (χ4n) is 3.01. The van der Waals surface area contributed by atoms with E-state index in [4.69, 9.17) is 0 Å². The van der Waals surface area contributed by atoms with E-state index in [1.165, 1.54) is 40.5 Å². The number of carbonyl (C=O) groups is 3. The van der Waals surface area contributed by atoms with E-state index in [1.54, 1.807) is 17.5 Å². The molecule has 1 heterocycles. The zero-order valence-corrected chi connectivity index (χ0v) is 19.4. The van der Waals surface area contributed by atoms with Gasteiger partial charge in [0.1, 0.15) is 12.4 Å². The van der Waals surface area contributed by atoms with Gasteiger partial charge in [0.25, 0.3) is 5.91 Å². The number of nitrogens with zero attached hydrogens (tertiary/aromatic N) is 2. The van der Waals surface area contributed by atoms with Crippen LogP contribution in [0, 0.1) is 12.7 Å². The van der Waals surface area contributed by atoms with Crippen LogP contribution in [-0.2, 0) is 16.0 Å². The van der Waals surface area contributed by atoms with Crippen LogP contribution >= 0.6 is 11.3 Å². The Balaban J connectivity index is 1.56. The largest absolute Gasteiger partial charge is 0.327 e. The molecule has 0 fully saturated rings. The molecule has 2 N–H and O–H groups in total. The van der Waals surface area contributed by atoms with Crippen LogP contribution in [0.2, 0.25) is 0 Å². The lowest BCUT2D eigenvalue weighted by Crippen LogP contribution is -2.42. The lowest BCUT2D eigenvalue weighted by atomic mass is 10.1. The molecule has 3 rings (SSSR count). The van der Waals surface area contributed by atoms with Crippen LogP contribution in [0.4, 0.5) is 15.2 Å². The van der Waals surface area contributed by atoms with Crippen molar-refractivity contribution in [2.24, 2.45) is 0 Å². The number of amides is 3. The maximum Gasteiger partial charge on any atom is 0.254 e. The first-order valence-corrected chi connectivity index (χ1v) is 11.3. The van der Waals surface area contributed by atoms with E-state index in [0.29, 0.717) is 22.1 Å². The Kier molecular flexibility index (Phi) is 7.89. The van der Waals surface area contributed by atoms with Crippen LogP contribution in [0.5, 0.6) is 0 Å². The Morgan fingerprint density at radius 2 is 1.67 bits per heavy atom. The Morgan fingerprint density at radius 1 is 1.00 bits per heavy atom. The topological polar surface area (TPSA) is 91.4 Å². The van der Waals surface area contributed by atoms with Gasteiger partial charge in [0.15, 0.2) is 5.13 Å². The summed E-state index contributed by atoms with van der Waals surface area (Å²) < 4.78 is 13.0. The second-order valence-corrected chi connectivity index (χ2v) is 8.67. The molecule has 0 aliphatic heterocycles. The Hall–Kier alpha value is -3.59. The maximum absolute atomic E-state index is 13.0. The van der Waals surface area contributed by atoms with E-state index in [1.807, 2.05) is 32.9 Å². The van der Waals surface area contributed by atoms with Crippen LogP contribution in [0.15, 0.2) is 53.9 Å². The summed E-state index contributed by atoms with van der Waals surface area (Å²) in [5.41, 5.74) is 2.54. The summed E-state index contributed by atoms with van der Waals surface area (Å²) in [6, 6.07) is 12.5. The lowest BCUT2D eigenvalue weighted by molar-refractivity contribution is -0.117. The SMILES string of the molecule is Cc1ccc(C(=O)N(CC(=O)Nc2nc(CC(=O)Nc3ccc(F)cc3)cs2)C(C)C)cc1. The van der Waals surface area contributed by atoms with Gasteiger partial charge < -0.3 is 15.5 Å². The standard InChI is InChI=1S/C24H25FN4O3S/c1-15(2)29(23(32)17-6-4-16(3)5-7-17)13-22(31)28-24-27-20(14-33-24)12-21(30)26-19-10-8-18(25)9-11-19/h4-11,14-15H,12-13H2,1-3H3,(H,26,30)(H,27,28,31). The Morgan fingerprint density at radius 3 is 2.30 bits per heavy atom. The van der Waals surface area contributed by atoms with E-state index in [2.05, 4.69) is 15.6 Å². The molecule has 7 nitrogen and oxygen atoms in total. The highest BCUT2D eigenvalue weighted by Crippen LogP contribution is 2.17. The van der Waals surface area contributed by atoms with Crippen molar-refractivity contribution < 1.29 is 18.8 Å². The number of hydrogen-bond donors (Lipinski definition) is 2. The van der Waals surface area contributed by atoms with Crippen LogP contribution in [0.25, 0.3) is 0 Å². The highest BCUT2D eigenvalue weighted by Gasteiger charge is 2.22. The molecule has 0 saturated heterocycles. The molecule has 0 bridgehead atoms. The molecule has 3 aromatic rings. The van der Waals surface area contributed by atoms with E-state index < -0.39 is 0 Å². The van der Waals surface area contributed by atoms with Gasteiger partial charge in [0, 0.05) is 22.7 Å². The summed E-state index contributed by atoms with van der Waals surface area (Å²) in [5, 5.41) is 7.38. The van der Waals surface area contributed by atoms with Crippen molar-refractivity contribution in [1.29, 1.82) is 0 Å². The molecule has 0 aliphatic rings. The van der Waals surface area contributed by atoms with Crippen molar-refractivity contribution in [3.63, 3.8) is 0 Å². The second-order valence-electron chi connectivity index (χ2n) is 7.82. The van der Waals surface area contributed by atoms with E-state index in [0.717, 1.165) is 5.56 Å². The first kappa shape index (κ1) is 24.1. The molecule has 0 atom stereocenters. The molecule has 33 heavy (non-hydrogen) atoms. The molecule has 2 aromatic carbocycles. The summed E-state index contributed by atoms with van der Waals surface area (Å²) in [4.78, 5) is 43.4. The van der Waals surface area contributed by atoms with Crippen LogP contribution in [0.1, 0.15) is 35.5 Å². The minimum Gasteiger partial charge on any atom is -0.327 e. The predicted molar refractivity (Wildman–Crippen MR) is 127 cm³/mol. The molecule has 9 heteroatoms. The van der Waals surface area contributed by atoms with Gasteiger partial charge in [-0.2, -0.15) is 0 Å². The van der Waals surface area contributed by atoms with Crippen molar-refractivity contribution in [2.75, 3.05) is 17.2 Å². The minimum absolute atomic E-state index is 0.00771. The van der Waals surface area contributed by atoms with E-state index in [9.17, 15) is 18.8 Å². The van der Waals surface area contributed by atoms with Gasteiger partial charge in [-0.05, 0) is 57.2 Å². The predicted octanol–water partition coefficient (Wildman–Crippen LogP) is 4.26. The molecule has 3 amide bonds. The van der Waals surface area contributed by atoms with Gasteiger partial charge in [-0.3, -0.25) is 14.4 Å². The average Bonchev–Trinajstić information content (AvgIpc) is 3.19. The van der Waals surface area contributed by atoms with Gasteiger partial charge in [-0.15, -0.1) is 11.3 Å². The first-order valence-electron chi connectivity index (χ1n) is 10.4. The van der Waals surface area contributed by atoms with Crippen molar-refractivity contribution in [3.8, 4) is 0 Å². The van der Waals surface area contributed by atoms with Gasteiger partial charge in [0.05, 0.1) is 12.1 Å². The Bertz CT molecular complexity index is 1130. The summed E-state index contributed by atoms with van der Waals surface area (Å²) in [6.07, 6.45) is 0.00771. The fraction of sp³-hybridized carbons (Fsp3) is 0.250. The van der Waals surface area contributed by atoms with Gasteiger partial charge in [0.2, 0.25) is 11.8 Å². The number of aromatic nitrogens is 1. The van der Waals surface area contributed by atoms with Crippen molar-refractivity contribution in [3.05, 3.63) is 76.5 Å². The highest BCUT2D eigenvalue weighted by molar-refractivity contribution is 7.13. The molecule has 1 aromatic heterocycles. The highest BCUT2D eigenvalue weighted by atomic mass is 32.1. The molecule has 172 valence electrons. The molecule has 0 spiro atoms. The third kappa shape index (κ3) is 6.95. The lowest BCUT2D eigenvalue weighted by Gasteiger charge is -2.26. The number of carbonyl (C=O) groups excluding carboxylic acids is 3.